The Bertz CT molecular complexity index is 1310. The van der Waals surface area contributed by atoms with E-state index in [2.05, 4.69) is 15.3 Å². The van der Waals surface area contributed by atoms with Crippen LogP contribution in [0.1, 0.15) is 10.4 Å². The molecule has 1 N–H and O–H groups in total. The molecule has 0 bridgehead atoms. The van der Waals surface area contributed by atoms with Crippen molar-refractivity contribution in [1.82, 2.24) is 14.4 Å². The van der Waals surface area contributed by atoms with Crippen LogP contribution in [-0.4, -0.2) is 20.3 Å². The van der Waals surface area contributed by atoms with E-state index in [1.54, 1.807) is 30.5 Å². The third-order valence-electron chi connectivity index (χ3n) is 4.75. The monoisotopic (exact) mass is 406 g/mol. The first kappa shape index (κ1) is 18.6. The van der Waals surface area contributed by atoms with Gasteiger partial charge in [-0.1, -0.05) is 30.3 Å². The van der Waals surface area contributed by atoms with Crippen molar-refractivity contribution in [3.63, 3.8) is 0 Å². The van der Waals surface area contributed by atoms with Crippen LogP contribution in [0, 0.1) is 0 Å². The second kappa shape index (κ2) is 8.12. The summed E-state index contributed by atoms with van der Waals surface area (Å²) in [6.07, 6.45) is 5.52. The maximum Gasteiger partial charge on any atom is 0.255 e. The summed E-state index contributed by atoms with van der Waals surface area (Å²) in [4.78, 5) is 21.5. The molecule has 6 nitrogen and oxygen atoms in total. The van der Waals surface area contributed by atoms with Crippen LogP contribution in [0.3, 0.4) is 0 Å². The van der Waals surface area contributed by atoms with Crippen molar-refractivity contribution >= 4 is 17.4 Å². The Hall–Kier alpha value is -4.45. The Morgan fingerprint density at radius 1 is 0.871 bits per heavy atom. The van der Waals surface area contributed by atoms with E-state index in [9.17, 15) is 4.79 Å². The zero-order valence-electron chi connectivity index (χ0n) is 16.5. The number of benzene rings is 3. The number of fused-ring (bicyclic) bond motifs is 1. The Balaban J connectivity index is 1.30. The van der Waals surface area contributed by atoms with Crippen LogP contribution in [-0.2, 0) is 0 Å². The predicted octanol–water partition coefficient (Wildman–Crippen LogP) is 5.44. The normalized spacial score (nSPS) is 10.7. The SMILES string of the molecule is O=C(Nc1cccc(-c2cn3cccnc3n2)c1)c1ccc(Oc2ccccc2)cc1. The highest BCUT2D eigenvalue weighted by Gasteiger charge is 2.09. The second-order valence-electron chi connectivity index (χ2n) is 6.93. The van der Waals surface area contributed by atoms with Crippen molar-refractivity contribution in [2.24, 2.45) is 0 Å². The Morgan fingerprint density at radius 2 is 1.68 bits per heavy atom. The molecule has 1 amide bonds. The van der Waals surface area contributed by atoms with E-state index in [4.69, 9.17) is 4.74 Å². The summed E-state index contributed by atoms with van der Waals surface area (Å²) in [5.74, 6) is 1.86. The van der Waals surface area contributed by atoms with Crippen molar-refractivity contribution in [2.45, 2.75) is 0 Å². The van der Waals surface area contributed by atoms with Crippen molar-refractivity contribution in [3.8, 4) is 22.8 Å². The molecule has 5 rings (SSSR count). The van der Waals surface area contributed by atoms with Gasteiger partial charge in [-0.25, -0.2) is 9.97 Å². The highest BCUT2D eigenvalue weighted by Crippen LogP contribution is 2.24. The maximum absolute atomic E-state index is 12.7. The minimum atomic E-state index is -0.194. The van der Waals surface area contributed by atoms with Crippen LogP contribution in [0.4, 0.5) is 5.69 Å². The number of para-hydroxylation sites is 1. The number of nitrogens with one attached hydrogen (secondary N) is 1. The standard InChI is InChI=1S/C25H18N4O2/c30-24(18-10-12-22(13-11-18)31-21-8-2-1-3-9-21)27-20-7-4-6-19(16-20)23-17-29-15-5-14-26-25(29)28-23/h1-17H,(H,27,30). The molecule has 5 aromatic rings. The summed E-state index contributed by atoms with van der Waals surface area (Å²) >= 11 is 0. The lowest BCUT2D eigenvalue weighted by Gasteiger charge is -2.08. The van der Waals surface area contributed by atoms with Crippen LogP contribution in [0.25, 0.3) is 17.0 Å². The lowest BCUT2D eigenvalue weighted by atomic mass is 10.1. The van der Waals surface area contributed by atoms with Gasteiger partial charge in [-0.05, 0) is 54.6 Å². The third-order valence-corrected chi connectivity index (χ3v) is 4.75. The van der Waals surface area contributed by atoms with Crippen LogP contribution >= 0.6 is 0 Å². The first-order chi connectivity index (χ1) is 15.2. The summed E-state index contributed by atoms with van der Waals surface area (Å²) < 4.78 is 7.64. The van der Waals surface area contributed by atoms with Crippen molar-refractivity contribution in [1.29, 1.82) is 0 Å². The molecule has 150 valence electrons. The largest absolute Gasteiger partial charge is 0.457 e. The van der Waals surface area contributed by atoms with E-state index in [0.717, 1.165) is 17.0 Å². The summed E-state index contributed by atoms with van der Waals surface area (Å²) in [6, 6.07) is 26.0. The van der Waals surface area contributed by atoms with Crippen LogP contribution in [0.5, 0.6) is 11.5 Å². The molecule has 0 fully saturated rings. The number of hydrogen-bond donors (Lipinski definition) is 1. The quantitative estimate of drug-likeness (QED) is 0.422. The molecule has 0 spiro atoms. The molecule has 0 saturated carbocycles. The molecular weight excluding hydrogens is 388 g/mol. The van der Waals surface area contributed by atoms with Gasteiger partial charge in [-0.2, -0.15) is 0 Å². The van der Waals surface area contributed by atoms with E-state index in [0.29, 0.717) is 22.8 Å². The fourth-order valence-electron chi connectivity index (χ4n) is 3.23. The predicted molar refractivity (Wildman–Crippen MR) is 119 cm³/mol. The molecule has 0 aliphatic heterocycles. The first-order valence-electron chi connectivity index (χ1n) is 9.79. The fraction of sp³-hybridized carbons (Fsp3) is 0. The lowest BCUT2D eigenvalue weighted by molar-refractivity contribution is 0.102. The number of anilines is 1. The topological polar surface area (TPSA) is 68.5 Å². The van der Waals surface area contributed by atoms with Gasteiger partial charge < -0.3 is 10.1 Å². The lowest BCUT2D eigenvalue weighted by Crippen LogP contribution is -2.11. The van der Waals surface area contributed by atoms with Gasteiger partial charge in [0.15, 0.2) is 0 Å². The molecule has 31 heavy (non-hydrogen) atoms. The van der Waals surface area contributed by atoms with Crippen molar-refractivity contribution in [3.05, 3.63) is 109 Å². The van der Waals surface area contributed by atoms with Gasteiger partial charge in [0.25, 0.3) is 5.91 Å². The number of carbonyl (C=O) groups is 1. The summed E-state index contributed by atoms with van der Waals surface area (Å²) in [5, 5.41) is 2.94. The minimum Gasteiger partial charge on any atom is -0.457 e. The molecule has 2 heterocycles. The highest BCUT2D eigenvalue weighted by atomic mass is 16.5. The minimum absolute atomic E-state index is 0.194. The Morgan fingerprint density at radius 3 is 2.48 bits per heavy atom. The molecule has 2 aromatic heterocycles. The molecule has 0 aliphatic rings. The molecule has 6 heteroatoms. The smallest absolute Gasteiger partial charge is 0.255 e. The van der Waals surface area contributed by atoms with Crippen molar-refractivity contribution in [2.75, 3.05) is 5.32 Å². The zero-order valence-corrected chi connectivity index (χ0v) is 16.5. The van der Waals surface area contributed by atoms with Gasteiger partial charge in [-0.15, -0.1) is 0 Å². The van der Waals surface area contributed by atoms with Gasteiger partial charge in [0, 0.05) is 35.4 Å². The van der Waals surface area contributed by atoms with E-state index >= 15 is 0 Å². The number of nitrogens with zero attached hydrogens (tertiary/aromatic N) is 3. The molecule has 0 saturated heterocycles. The number of ether oxygens (including phenoxy) is 1. The Kier molecular flexibility index (Phi) is 4.86. The highest BCUT2D eigenvalue weighted by molar-refractivity contribution is 6.04. The second-order valence-corrected chi connectivity index (χ2v) is 6.93. The number of rotatable bonds is 5. The Labute approximate surface area is 178 Å². The van der Waals surface area contributed by atoms with E-state index < -0.39 is 0 Å². The first-order valence-corrected chi connectivity index (χ1v) is 9.79. The van der Waals surface area contributed by atoms with Crippen LogP contribution in [0.2, 0.25) is 0 Å². The number of carbonyl (C=O) groups excluding carboxylic acids is 1. The van der Waals surface area contributed by atoms with Gasteiger partial charge in [0.05, 0.1) is 5.69 Å². The van der Waals surface area contributed by atoms with Gasteiger partial charge in [0.1, 0.15) is 11.5 Å². The number of hydrogen-bond acceptors (Lipinski definition) is 4. The van der Waals surface area contributed by atoms with Gasteiger partial charge >= 0.3 is 0 Å². The summed E-state index contributed by atoms with van der Waals surface area (Å²) in [7, 11) is 0. The molecule has 3 aromatic carbocycles. The molecule has 0 radical (unpaired) electrons. The fourth-order valence-corrected chi connectivity index (χ4v) is 3.23. The average Bonchev–Trinajstić information content (AvgIpc) is 3.25. The summed E-state index contributed by atoms with van der Waals surface area (Å²) in [5.41, 5.74) is 2.92. The molecule has 0 atom stereocenters. The van der Waals surface area contributed by atoms with Crippen LogP contribution < -0.4 is 10.1 Å². The zero-order chi connectivity index (χ0) is 21.0. The van der Waals surface area contributed by atoms with Crippen LogP contribution in [0.15, 0.2) is 104 Å². The van der Waals surface area contributed by atoms with E-state index in [1.165, 1.54) is 0 Å². The molecular formula is C25H18N4O2. The number of amides is 1. The molecule has 0 unspecified atom stereocenters. The van der Waals surface area contributed by atoms with Gasteiger partial charge in [0.2, 0.25) is 5.78 Å². The maximum atomic E-state index is 12.7. The molecule has 0 aliphatic carbocycles. The average molecular weight is 406 g/mol. The van der Waals surface area contributed by atoms with E-state index in [1.807, 2.05) is 77.5 Å². The van der Waals surface area contributed by atoms with Gasteiger partial charge in [-0.3, -0.25) is 9.20 Å². The number of aromatic nitrogens is 3. The number of imidazole rings is 1. The summed E-state index contributed by atoms with van der Waals surface area (Å²) in [6.45, 7) is 0. The third kappa shape index (κ3) is 4.13. The van der Waals surface area contributed by atoms with E-state index in [-0.39, 0.29) is 5.91 Å². The van der Waals surface area contributed by atoms with Crippen molar-refractivity contribution < 1.29 is 9.53 Å².